The predicted molar refractivity (Wildman–Crippen MR) is 109 cm³/mol. The highest BCUT2D eigenvalue weighted by Crippen LogP contribution is 2.47. The van der Waals surface area contributed by atoms with Crippen molar-refractivity contribution < 1.29 is 8.81 Å². The van der Waals surface area contributed by atoms with Crippen molar-refractivity contribution in [3.8, 4) is 11.1 Å². The van der Waals surface area contributed by atoms with Crippen molar-refractivity contribution in [3.05, 3.63) is 83.8 Å². The summed E-state index contributed by atoms with van der Waals surface area (Å²) in [6.45, 7) is 0. The van der Waals surface area contributed by atoms with Gasteiger partial charge in [-0.1, -0.05) is 37.1 Å². The van der Waals surface area contributed by atoms with E-state index in [0.717, 1.165) is 28.5 Å². The summed E-state index contributed by atoms with van der Waals surface area (Å²) in [5, 5.41) is 0. The number of hydrogen-bond acceptors (Lipinski definition) is 2. The molecule has 0 saturated heterocycles. The van der Waals surface area contributed by atoms with Crippen LogP contribution in [0.25, 0.3) is 17.2 Å². The second-order valence-electron chi connectivity index (χ2n) is 8.09. The highest BCUT2D eigenvalue weighted by Gasteiger charge is 2.38. The summed E-state index contributed by atoms with van der Waals surface area (Å²) in [7, 11) is 0. The maximum Gasteiger partial charge on any atom is 0.123 e. The minimum absolute atomic E-state index is 0.227. The summed E-state index contributed by atoms with van der Waals surface area (Å²) >= 11 is 0. The summed E-state index contributed by atoms with van der Waals surface area (Å²) in [5.74, 6) is 2.71. The van der Waals surface area contributed by atoms with Crippen LogP contribution in [0.15, 0.2) is 65.4 Å². The van der Waals surface area contributed by atoms with E-state index in [1.54, 1.807) is 6.07 Å². The molecule has 0 radical (unpaired) electrons. The van der Waals surface area contributed by atoms with Crippen molar-refractivity contribution in [2.45, 2.75) is 38.0 Å². The van der Waals surface area contributed by atoms with Gasteiger partial charge in [0, 0.05) is 17.7 Å². The quantitative estimate of drug-likeness (QED) is 0.514. The minimum atomic E-state index is -0.227. The molecule has 0 bridgehead atoms. The van der Waals surface area contributed by atoms with Crippen LogP contribution in [0, 0.1) is 17.7 Å². The van der Waals surface area contributed by atoms with E-state index in [-0.39, 0.29) is 5.82 Å². The lowest BCUT2D eigenvalue weighted by molar-refractivity contribution is 0.187. The number of fused-ring (bicyclic) bond motifs is 2. The van der Waals surface area contributed by atoms with Crippen LogP contribution in [0.1, 0.15) is 48.6 Å². The minimum Gasteiger partial charge on any atom is -0.468 e. The van der Waals surface area contributed by atoms with Gasteiger partial charge in [-0.3, -0.25) is 4.98 Å². The molecule has 0 amide bonds. The third-order valence-electron chi connectivity index (χ3n) is 6.41. The maximum atomic E-state index is 13.4. The third kappa shape index (κ3) is 3.30. The lowest BCUT2D eigenvalue weighted by atomic mass is 9.65. The van der Waals surface area contributed by atoms with Gasteiger partial charge < -0.3 is 4.42 Å². The summed E-state index contributed by atoms with van der Waals surface area (Å²) in [6, 6.07) is 12.8. The lowest BCUT2D eigenvalue weighted by Crippen LogP contribution is -2.30. The van der Waals surface area contributed by atoms with Crippen LogP contribution in [0.5, 0.6) is 0 Å². The normalized spacial score (nSPS) is 24.1. The lowest BCUT2D eigenvalue weighted by Gasteiger charge is -2.39. The molecule has 2 aliphatic carbocycles. The summed E-state index contributed by atoms with van der Waals surface area (Å²) in [6.07, 6.45) is 14.5. The first kappa shape index (κ1) is 17.4. The van der Waals surface area contributed by atoms with Crippen molar-refractivity contribution in [1.82, 2.24) is 4.98 Å². The van der Waals surface area contributed by atoms with Crippen LogP contribution < -0.4 is 0 Å². The molecule has 0 aliphatic heterocycles. The molecule has 142 valence electrons. The Morgan fingerprint density at radius 2 is 1.96 bits per heavy atom. The molecule has 3 aromatic rings. The SMILES string of the molecule is Fc1cccc(-c2ccc(/C=C/C3c4occc4CC4CCCCC43)nc2)c1. The predicted octanol–water partition coefficient (Wildman–Crippen LogP) is 6.64. The molecule has 3 unspecified atom stereocenters. The van der Waals surface area contributed by atoms with Crippen molar-refractivity contribution in [1.29, 1.82) is 0 Å². The van der Waals surface area contributed by atoms with Gasteiger partial charge in [0.15, 0.2) is 0 Å². The van der Waals surface area contributed by atoms with Crippen molar-refractivity contribution >= 4 is 6.08 Å². The Kier molecular flexibility index (Phi) is 4.59. The molecule has 2 nitrogen and oxygen atoms in total. The number of hydrogen-bond donors (Lipinski definition) is 0. The average molecular weight is 373 g/mol. The second kappa shape index (κ2) is 7.38. The molecule has 0 spiro atoms. The number of rotatable bonds is 3. The summed E-state index contributed by atoms with van der Waals surface area (Å²) < 4.78 is 19.3. The molecule has 28 heavy (non-hydrogen) atoms. The standard InChI is InChI=1S/C25H24FNO/c26-21-6-3-5-17(15-21)20-8-9-22(27-16-20)10-11-24-23-7-2-1-4-18(23)14-19-12-13-28-25(19)24/h3,5-6,8-13,15-16,18,23-24H,1-2,4,7,14H2/b11-10+. The highest BCUT2D eigenvalue weighted by molar-refractivity contribution is 5.63. The second-order valence-corrected chi connectivity index (χ2v) is 8.09. The van der Waals surface area contributed by atoms with E-state index < -0.39 is 0 Å². The van der Waals surface area contributed by atoms with Crippen LogP contribution in [-0.4, -0.2) is 4.98 Å². The first-order valence-corrected chi connectivity index (χ1v) is 10.2. The Labute approximate surface area is 165 Å². The van der Waals surface area contributed by atoms with E-state index in [1.807, 2.05) is 30.7 Å². The number of furan rings is 1. The number of pyridine rings is 1. The Morgan fingerprint density at radius 1 is 1.04 bits per heavy atom. The van der Waals surface area contributed by atoms with E-state index in [9.17, 15) is 4.39 Å². The summed E-state index contributed by atoms with van der Waals surface area (Å²) in [4.78, 5) is 4.58. The monoisotopic (exact) mass is 373 g/mol. The van der Waals surface area contributed by atoms with Gasteiger partial charge in [0.1, 0.15) is 11.6 Å². The van der Waals surface area contributed by atoms with E-state index in [1.165, 1.54) is 49.8 Å². The van der Waals surface area contributed by atoms with Crippen LogP contribution in [0.4, 0.5) is 4.39 Å². The van der Waals surface area contributed by atoms with Gasteiger partial charge in [-0.25, -0.2) is 4.39 Å². The fourth-order valence-corrected chi connectivity index (χ4v) is 5.02. The van der Waals surface area contributed by atoms with Gasteiger partial charge >= 0.3 is 0 Å². The zero-order valence-corrected chi connectivity index (χ0v) is 15.9. The van der Waals surface area contributed by atoms with Crippen molar-refractivity contribution in [2.24, 2.45) is 11.8 Å². The summed E-state index contributed by atoms with van der Waals surface area (Å²) in [5.41, 5.74) is 4.08. The maximum absolute atomic E-state index is 13.4. The van der Waals surface area contributed by atoms with Gasteiger partial charge in [0.2, 0.25) is 0 Å². The Balaban J connectivity index is 1.39. The van der Waals surface area contributed by atoms with Gasteiger partial charge in [-0.05, 0) is 72.6 Å². The molecule has 2 aliphatic rings. The fraction of sp³-hybridized carbons (Fsp3) is 0.320. The zero-order valence-electron chi connectivity index (χ0n) is 15.9. The molecular formula is C25H24FNO. The van der Waals surface area contributed by atoms with Crippen molar-refractivity contribution in [3.63, 3.8) is 0 Å². The van der Waals surface area contributed by atoms with Crippen LogP contribution in [0.2, 0.25) is 0 Å². The van der Waals surface area contributed by atoms with Crippen molar-refractivity contribution in [2.75, 3.05) is 0 Å². The number of benzene rings is 1. The van der Waals surface area contributed by atoms with E-state index in [0.29, 0.717) is 11.8 Å². The molecule has 2 heterocycles. The molecule has 3 atom stereocenters. The molecule has 2 aromatic heterocycles. The van der Waals surface area contributed by atoms with E-state index in [2.05, 4.69) is 23.2 Å². The van der Waals surface area contributed by atoms with Crippen LogP contribution in [-0.2, 0) is 6.42 Å². The third-order valence-corrected chi connectivity index (χ3v) is 6.41. The average Bonchev–Trinajstić information content (AvgIpc) is 3.20. The highest BCUT2D eigenvalue weighted by atomic mass is 19.1. The Bertz CT molecular complexity index is 988. The van der Waals surface area contributed by atoms with E-state index >= 15 is 0 Å². The molecule has 0 N–H and O–H groups in total. The van der Waals surface area contributed by atoms with Gasteiger partial charge in [-0.2, -0.15) is 0 Å². The zero-order chi connectivity index (χ0) is 18.9. The molecule has 1 saturated carbocycles. The molecule has 5 rings (SSSR count). The largest absolute Gasteiger partial charge is 0.468 e. The van der Waals surface area contributed by atoms with Gasteiger partial charge in [-0.15, -0.1) is 0 Å². The van der Waals surface area contributed by atoms with Gasteiger partial charge in [0.25, 0.3) is 0 Å². The Morgan fingerprint density at radius 3 is 2.82 bits per heavy atom. The first-order valence-electron chi connectivity index (χ1n) is 10.2. The number of allylic oxidation sites excluding steroid dienone is 1. The van der Waals surface area contributed by atoms with Crippen LogP contribution >= 0.6 is 0 Å². The topological polar surface area (TPSA) is 26.0 Å². The molecule has 1 aromatic carbocycles. The number of aromatic nitrogens is 1. The van der Waals surface area contributed by atoms with E-state index in [4.69, 9.17) is 4.42 Å². The first-order chi connectivity index (χ1) is 13.8. The smallest absolute Gasteiger partial charge is 0.123 e. The molecule has 3 heteroatoms. The fourth-order valence-electron chi connectivity index (χ4n) is 5.02. The molecular weight excluding hydrogens is 349 g/mol. The van der Waals surface area contributed by atoms with Crippen LogP contribution in [0.3, 0.4) is 0 Å². The molecule has 1 fully saturated rings. The number of halogens is 1. The van der Waals surface area contributed by atoms with Gasteiger partial charge in [0.05, 0.1) is 12.0 Å². The number of nitrogens with zero attached hydrogens (tertiary/aromatic N) is 1. The Hall–Kier alpha value is -2.68.